The molecule has 0 bridgehead atoms. The van der Waals surface area contributed by atoms with E-state index in [2.05, 4.69) is 0 Å². The van der Waals surface area contributed by atoms with Crippen molar-refractivity contribution >= 4 is 5.91 Å². The zero-order valence-corrected chi connectivity index (χ0v) is 6.24. The van der Waals surface area contributed by atoms with Crippen molar-refractivity contribution in [1.29, 1.82) is 0 Å². The maximum atomic E-state index is 10.7. The molecule has 0 aromatic carbocycles. The maximum absolute atomic E-state index is 10.7. The normalized spacial score (nSPS) is 38.5. The molecule has 0 atom stereocenters. The number of aliphatic hydroxyl groups excluding tert-OH is 1. The number of hydrogen-bond donors (Lipinski definition) is 2. The fraction of sp³-hybridized carbons (Fsp3) is 0.833. The lowest BCUT2D eigenvalue weighted by Crippen LogP contribution is -2.52. The van der Waals surface area contributed by atoms with E-state index in [0.717, 1.165) is 0 Å². The molecule has 1 saturated heterocycles. The van der Waals surface area contributed by atoms with E-state index in [1.54, 1.807) is 0 Å². The van der Waals surface area contributed by atoms with E-state index >= 15 is 0 Å². The van der Waals surface area contributed by atoms with Gasteiger partial charge in [-0.25, -0.2) is 0 Å². The molecular formula is C6H11NO4. The molecule has 1 rings (SSSR count). The second-order valence-electron chi connectivity index (χ2n) is 2.59. The summed E-state index contributed by atoms with van der Waals surface area (Å²) < 4.78 is 9.78. The number of amides is 1. The Bertz CT molecular complexity index is 162. The van der Waals surface area contributed by atoms with Gasteiger partial charge in [-0.3, -0.25) is 4.79 Å². The van der Waals surface area contributed by atoms with E-state index in [1.165, 1.54) is 6.92 Å². The van der Waals surface area contributed by atoms with Gasteiger partial charge in [0.2, 0.25) is 5.79 Å². The molecule has 0 radical (unpaired) electrons. The maximum Gasteiger partial charge on any atom is 0.277 e. The first-order chi connectivity index (χ1) is 5.04. The van der Waals surface area contributed by atoms with Gasteiger partial charge in [-0.1, -0.05) is 0 Å². The van der Waals surface area contributed by atoms with Crippen molar-refractivity contribution in [3.05, 3.63) is 0 Å². The topological polar surface area (TPSA) is 81.8 Å². The molecule has 0 aromatic rings. The number of carbonyl (C=O) groups excluding carboxylic acids is 1. The van der Waals surface area contributed by atoms with E-state index in [9.17, 15) is 4.79 Å². The highest BCUT2D eigenvalue weighted by atomic mass is 16.7. The number of hydrogen-bond acceptors (Lipinski definition) is 4. The third kappa shape index (κ3) is 1.68. The number of rotatable bonds is 1. The largest absolute Gasteiger partial charge is 0.388 e. The van der Waals surface area contributed by atoms with E-state index < -0.39 is 17.8 Å². The van der Waals surface area contributed by atoms with Crippen LogP contribution >= 0.6 is 0 Å². The molecule has 0 saturated carbocycles. The molecule has 3 N–H and O–H groups in total. The highest BCUT2D eigenvalue weighted by Crippen LogP contribution is 2.17. The van der Waals surface area contributed by atoms with Gasteiger partial charge < -0.3 is 20.3 Å². The van der Waals surface area contributed by atoms with Crippen LogP contribution in [0.3, 0.4) is 0 Å². The first-order valence-electron chi connectivity index (χ1n) is 3.30. The van der Waals surface area contributed by atoms with Crippen LogP contribution in [0.5, 0.6) is 0 Å². The Morgan fingerprint density at radius 2 is 2.09 bits per heavy atom. The van der Waals surface area contributed by atoms with E-state index in [4.69, 9.17) is 20.3 Å². The van der Waals surface area contributed by atoms with Gasteiger partial charge in [-0.15, -0.1) is 0 Å². The van der Waals surface area contributed by atoms with Crippen LogP contribution < -0.4 is 5.73 Å². The van der Waals surface area contributed by atoms with E-state index in [-0.39, 0.29) is 13.2 Å². The minimum atomic E-state index is -1.36. The first kappa shape index (κ1) is 8.45. The van der Waals surface area contributed by atoms with Crippen LogP contribution in [0.2, 0.25) is 0 Å². The number of primary amides is 1. The van der Waals surface area contributed by atoms with Gasteiger partial charge in [0.05, 0.1) is 13.2 Å². The van der Waals surface area contributed by atoms with Crippen LogP contribution in [-0.4, -0.2) is 36.1 Å². The van der Waals surface area contributed by atoms with Gasteiger partial charge in [0.1, 0.15) is 6.10 Å². The first-order valence-corrected chi connectivity index (χ1v) is 3.30. The SMILES string of the molecule is CC1(C(N)=O)OCC(O)CO1. The van der Waals surface area contributed by atoms with Gasteiger partial charge in [0, 0.05) is 0 Å². The number of aliphatic hydroxyl groups is 1. The quantitative estimate of drug-likeness (QED) is 0.495. The predicted molar refractivity (Wildman–Crippen MR) is 35.5 cm³/mol. The smallest absolute Gasteiger partial charge is 0.277 e. The number of carbonyl (C=O) groups is 1. The van der Waals surface area contributed by atoms with Gasteiger partial charge in [0.25, 0.3) is 5.91 Å². The average molecular weight is 161 g/mol. The van der Waals surface area contributed by atoms with Crippen LogP contribution in [0.15, 0.2) is 0 Å². The average Bonchev–Trinajstić information content (AvgIpc) is 1.95. The van der Waals surface area contributed by atoms with Crippen LogP contribution in [0.25, 0.3) is 0 Å². The molecule has 5 nitrogen and oxygen atoms in total. The van der Waals surface area contributed by atoms with Gasteiger partial charge in [-0.05, 0) is 6.92 Å². The van der Waals surface area contributed by atoms with Crippen LogP contribution in [0.4, 0.5) is 0 Å². The van der Waals surface area contributed by atoms with Gasteiger partial charge >= 0.3 is 0 Å². The zero-order chi connectivity index (χ0) is 8.48. The Morgan fingerprint density at radius 3 is 2.45 bits per heavy atom. The monoisotopic (exact) mass is 161 g/mol. The third-order valence-electron chi connectivity index (χ3n) is 1.55. The zero-order valence-electron chi connectivity index (χ0n) is 6.24. The molecule has 0 spiro atoms. The highest BCUT2D eigenvalue weighted by molar-refractivity contribution is 5.81. The van der Waals surface area contributed by atoms with Crippen molar-refractivity contribution in [3.8, 4) is 0 Å². The summed E-state index contributed by atoms with van der Waals surface area (Å²) in [5.41, 5.74) is 4.98. The molecule has 1 aliphatic heterocycles. The van der Waals surface area contributed by atoms with Crippen molar-refractivity contribution in [2.24, 2.45) is 5.73 Å². The predicted octanol–water partition coefficient (Wildman–Crippen LogP) is -1.40. The molecule has 64 valence electrons. The second-order valence-corrected chi connectivity index (χ2v) is 2.59. The fourth-order valence-electron chi connectivity index (χ4n) is 0.742. The van der Waals surface area contributed by atoms with E-state index in [0.29, 0.717) is 0 Å². The summed E-state index contributed by atoms with van der Waals surface area (Å²) in [5, 5.41) is 8.92. The Morgan fingerprint density at radius 1 is 1.64 bits per heavy atom. The Balaban J connectivity index is 2.55. The molecule has 5 heteroatoms. The summed E-state index contributed by atoms with van der Waals surface area (Å²) in [6, 6.07) is 0. The van der Waals surface area contributed by atoms with Gasteiger partial charge in [0.15, 0.2) is 0 Å². The molecule has 1 aliphatic rings. The Hall–Kier alpha value is -0.650. The summed E-state index contributed by atoms with van der Waals surface area (Å²) in [5.74, 6) is -2.04. The van der Waals surface area contributed by atoms with Crippen molar-refractivity contribution < 1.29 is 19.4 Å². The molecule has 1 heterocycles. The molecule has 0 aromatic heterocycles. The van der Waals surface area contributed by atoms with E-state index in [1.807, 2.05) is 0 Å². The van der Waals surface area contributed by atoms with Crippen LogP contribution in [0.1, 0.15) is 6.92 Å². The van der Waals surface area contributed by atoms with Crippen molar-refractivity contribution in [2.75, 3.05) is 13.2 Å². The standard InChI is InChI=1S/C6H11NO4/c1-6(5(7)9)10-2-4(8)3-11-6/h4,8H,2-3H2,1H3,(H2,7,9). The molecule has 0 unspecified atom stereocenters. The molecule has 1 amide bonds. The molecule has 1 fully saturated rings. The molecule has 0 aliphatic carbocycles. The summed E-state index contributed by atoms with van der Waals surface area (Å²) >= 11 is 0. The fourth-order valence-corrected chi connectivity index (χ4v) is 0.742. The Labute approximate surface area is 64.1 Å². The van der Waals surface area contributed by atoms with Crippen LogP contribution in [0, 0.1) is 0 Å². The van der Waals surface area contributed by atoms with Crippen LogP contribution in [-0.2, 0) is 14.3 Å². The molecular weight excluding hydrogens is 150 g/mol. The number of ether oxygens (including phenoxy) is 2. The Kier molecular flexibility index (Phi) is 2.12. The molecule has 11 heavy (non-hydrogen) atoms. The lowest BCUT2D eigenvalue weighted by atomic mass is 10.2. The lowest BCUT2D eigenvalue weighted by Gasteiger charge is -2.32. The summed E-state index contributed by atoms with van der Waals surface area (Å²) in [6.45, 7) is 1.60. The van der Waals surface area contributed by atoms with Crippen molar-refractivity contribution in [2.45, 2.75) is 18.8 Å². The van der Waals surface area contributed by atoms with Crippen molar-refractivity contribution in [1.82, 2.24) is 0 Å². The number of nitrogens with two attached hydrogens (primary N) is 1. The summed E-state index contributed by atoms with van der Waals surface area (Å²) in [4.78, 5) is 10.7. The third-order valence-corrected chi connectivity index (χ3v) is 1.55. The highest BCUT2D eigenvalue weighted by Gasteiger charge is 2.37. The minimum absolute atomic E-state index is 0.0828. The van der Waals surface area contributed by atoms with Gasteiger partial charge in [-0.2, -0.15) is 0 Å². The summed E-state index contributed by atoms with van der Waals surface area (Å²) in [6.07, 6.45) is -0.664. The second kappa shape index (κ2) is 2.77. The van der Waals surface area contributed by atoms with Crippen molar-refractivity contribution in [3.63, 3.8) is 0 Å². The minimum Gasteiger partial charge on any atom is -0.388 e. The summed E-state index contributed by atoms with van der Waals surface area (Å²) in [7, 11) is 0. The lowest BCUT2D eigenvalue weighted by molar-refractivity contribution is -0.267.